The summed E-state index contributed by atoms with van der Waals surface area (Å²) in [5, 5.41) is 13.4. The van der Waals surface area contributed by atoms with Gasteiger partial charge in [0.25, 0.3) is 0 Å². The van der Waals surface area contributed by atoms with E-state index in [4.69, 9.17) is 9.84 Å². The van der Waals surface area contributed by atoms with Gasteiger partial charge in [-0.3, -0.25) is 14.4 Å². The van der Waals surface area contributed by atoms with Crippen LogP contribution < -0.4 is 10.6 Å². The summed E-state index contributed by atoms with van der Waals surface area (Å²) in [5.41, 5.74) is 0.981. The Hall–Kier alpha value is -2.97. The fourth-order valence-electron chi connectivity index (χ4n) is 2.38. The largest absolute Gasteiger partial charge is 0.481 e. The van der Waals surface area contributed by atoms with Gasteiger partial charge in [-0.25, -0.2) is 9.18 Å². The molecule has 1 aromatic rings. The second kappa shape index (κ2) is 11.7. The van der Waals surface area contributed by atoms with Gasteiger partial charge in [-0.15, -0.1) is 0 Å². The molecule has 0 bridgehead atoms. The van der Waals surface area contributed by atoms with E-state index in [1.807, 2.05) is 30.3 Å². The highest BCUT2D eigenvalue weighted by atomic mass is 19.1. The lowest BCUT2D eigenvalue weighted by atomic mass is 10.0. The Morgan fingerprint density at radius 2 is 1.75 bits per heavy atom. The van der Waals surface area contributed by atoms with Gasteiger partial charge in [0.05, 0.1) is 13.0 Å². The van der Waals surface area contributed by atoms with E-state index >= 15 is 0 Å². The van der Waals surface area contributed by atoms with Gasteiger partial charge >= 0.3 is 12.1 Å². The molecule has 0 radical (unpaired) electrons. The lowest BCUT2D eigenvalue weighted by Gasteiger charge is -2.24. The van der Waals surface area contributed by atoms with Crippen molar-refractivity contribution in [2.75, 3.05) is 13.3 Å². The van der Waals surface area contributed by atoms with Crippen LogP contribution in [0.2, 0.25) is 0 Å². The molecule has 0 saturated carbocycles. The molecule has 0 saturated heterocycles. The molecule has 1 rings (SSSR count). The number of carbonyl (C=O) groups is 4. The second-order valence-electron chi connectivity index (χ2n) is 6.50. The SMILES string of the molecule is CC(C)[C@H](NC(=O)OCCc1ccccc1)C(=O)NC(CC(=O)O)C(=O)CF. The Morgan fingerprint density at radius 3 is 2.29 bits per heavy atom. The lowest BCUT2D eigenvalue weighted by Crippen LogP contribution is -2.54. The van der Waals surface area contributed by atoms with Crippen molar-refractivity contribution in [3.05, 3.63) is 35.9 Å². The zero-order chi connectivity index (χ0) is 21.1. The average molecular weight is 396 g/mol. The number of carboxylic acid groups (broad SMARTS) is 1. The summed E-state index contributed by atoms with van der Waals surface area (Å²) in [7, 11) is 0. The lowest BCUT2D eigenvalue weighted by molar-refractivity contribution is -0.140. The van der Waals surface area contributed by atoms with Crippen molar-refractivity contribution in [3.8, 4) is 0 Å². The van der Waals surface area contributed by atoms with Gasteiger partial charge in [-0.2, -0.15) is 0 Å². The normalized spacial score (nSPS) is 12.7. The molecule has 0 fully saturated rings. The summed E-state index contributed by atoms with van der Waals surface area (Å²) in [6.45, 7) is 2.00. The van der Waals surface area contributed by atoms with Gasteiger partial charge in [-0.05, 0) is 11.5 Å². The number of halogens is 1. The molecule has 0 aromatic heterocycles. The third-order valence-corrected chi connectivity index (χ3v) is 3.90. The topological polar surface area (TPSA) is 122 Å². The first kappa shape index (κ1) is 23.1. The quantitative estimate of drug-likeness (QED) is 0.521. The third-order valence-electron chi connectivity index (χ3n) is 3.90. The number of hydrogen-bond acceptors (Lipinski definition) is 5. The van der Waals surface area contributed by atoms with Crippen LogP contribution in [0.25, 0.3) is 0 Å². The molecule has 0 aliphatic carbocycles. The molecule has 1 aromatic carbocycles. The Bertz CT molecular complexity index is 680. The van der Waals surface area contributed by atoms with Crippen molar-refractivity contribution in [1.29, 1.82) is 0 Å². The third kappa shape index (κ3) is 8.15. The summed E-state index contributed by atoms with van der Waals surface area (Å²) in [4.78, 5) is 46.7. The van der Waals surface area contributed by atoms with Crippen molar-refractivity contribution in [3.63, 3.8) is 0 Å². The molecule has 0 aliphatic heterocycles. The number of benzene rings is 1. The van der Waals surface area contributed by atoms with Gasteiger partial charge in [0.2, 0.25) is 5.91 Å². The number of alkyl carbamates (subject to hydrolysis) is 1. The molecule has 28 heavy (non-hydrogen) atoms. The molecular formula is C19H25FN2O6. The fourth-order valence-corrected chi connectivity index (χ4v) is 2.38. The number of Topliss-reactive ketones (excluding diaryl/α,β-unsaturated/α-hetero) is 1. The molecule has 0 spiro atoms. The van der Waals surface area contributed by atoms with E-state index in [0.29, 0.717) is 6.42 Å². The zero-order valence-electron chi connectivity index (χ0n) is 15.8. The maximum Gasteiger partial charge on any atom is 0.407 e. The average Bonchev–Trinajstić information content (AvgIpc) is 2.65. The van der Waals surface area contributed by atoms with Crippen molar-refractivity contribution in [2.24, 2.45) is 5.92 Å². The standard InChI is InChI=1S/C19H25FN2O6/c1-12(2)17(18(26)21-14(10-16(24)25)15(23)11-20)22-19(27)28-9-8-13-6-4-3-5-7-13/h3-7,12,14,17H,8-11H2,1-2H3,(H,21,26)(H,22,27)(H,24,25)/t14?,17-/m0/s1. The number of carboxylic acids is 1. The number of ketones is 1. The fraction of sp³-hybridized carbons (Fsp3) is 0.474. The predicted octanol–water partition coefficient (Wildman–Crippen LogP) is 1.48. The molecule has 2 atom stereocenters. The first-order valence-corrected chi connectivity index (χ1v) is 8.82. The monoisotopic (exact) mass is 396 g/mol. The summed E-state index contributed by atoms with van der Waals surface area (Å²) >= 11 is 0. The Balaban J connectivity index is 2.61. The molecule has 0 aliphatic rings. The van der Waals surface area contributed by atoms with E-state index in [0.717, 1.165) is 5.56 Å². The molecule has 1 unspecified atom stereocenters. The summed E-state index contributed by atoms with van der Waals surface area (Å²) in [6, 6.07) is 6.78. The van der Waals surface area contributed by atoms with Crippen molar-refractivity contribution in [2.45, 2.75) is 38.8 Å². The van der Waals surface area contributed by atoms with Gasteiger partial charge in [0.1, 0.15) is 18.8 Å². The highest BCUT2D eigenvalue weighted by Crippen LogP contribution is 2.06. The highest BCUT2D eigenvalue weighted by molar-refractivity contribution is 5.94. The van der Waals surface area contributed by atoms with E-state index in [9.17, 15) is 23.6 Å². The summed E-state index contributed by atoms with van der Waals surface area (Å²) in [5.74, 6) is -3.58. The number of ether oxygens (including phenoxy) is 1. The minimum Gasteiger partial charge on any atom is -0.481 e. The maximum absolute atomic E-state index is 12.6. The van der Waals surface area contributed by atoms with Gasteiger partial charge in [-0.1, -0.05) is 44.2 Å². The van der Waals surface area contributed by atoms with Crippen LogP contribution in [-0.4, -0.2) is 54.2 Å². The van der Waals surface area contributed by atoms with E-state index in [1.54, 1.807) is 13.8 Å². The molecule has 2 amide bonds. The van der Waals surface area contributed by atoms with Gasteiger partial charge < -0.3 is 20.5 Å². The molecule has 3 N–H and O–H groups in total. The smallest absolute Gasteiger partial charge is 0.407 e. The molecule has 154 valence electrons. The first-order chi connectivity index (χ1) is 13.2. The molecule has 9 heteroatoms. The van der Waals surface area contributed by atoms with E-state index < -0.39 is 48.9 Å². The van der Waals surface area contributed by atoms with Crippen molar-refractivity contribution in [1.82, 2.24) is 10.6 Å². The van der Waals surface area contributed by atoms with Crippen LogP contribution in [0.15, 0.2) is 30.3 Å². The minimum absolute atomic E-state index is 0.101. The number of alkyl halides is 1. The Kier molecular flexibility index (Phi) is 9.63. The summed E-state index contributed by atoms with van der Waals surface area (Å²) < 4.78 is 17.7. The van der Waals surface area contributed by atoms with Crippen LogP contribution in [0.3, 0.4) is 0 Å². The minimum atomic E-state index is -1.51. The van der Waals surface area contributed by atoms with E-state index in [-0.39, 0.29) is 12.5 Å². The van der Waals surface area contributed by atoms with Crippen LogP contribution in [-0.2, 0) is 25.5 Å². The second-order valence-corrected chi connectivity index (χ2v) is 6.50. The maximum atomic E-state index is 12.6. The Morgan fingerprint density at radius 1 is 1.11 bits per heavy atom. The predicted molar refractivity (Wildman–Crippen MR) is 98.4 cm³/mol. The van der Waals surface area contributed by atoms with Crippen LogP contribution >= 0.6 is 0 Å². The first-order valence-electron chi connectivity index (χ1n) is 8.82. The highest BCUT2D eigenvalue weighted by Gasteiger charge is 2.30. The van der Waals surface area contributed by atoms with E-state index in [1.165, 1.54) is 0 Å². The number of hydrogen-bond donors (Lipinski definition) is 3. The van der Waals surface area contributed by atoms with Crippen LogP contribution in [0, 0.1) is 5.92 Å². The number of carbonyl (C=O) groups excluding carboxylic acids is 3. The van der Waals surface area contributed by atoms with E-state index in [2.05, 4.69) is 10.6 Å². The number of rotatable bonds is 11. The van der Waals surface area contributed by atoms with Crippen LogP contribution in [0.5, 0.6) is 0 Å². The summed E-state index contributed by atoms with van der Waals surface area (Å²) in [6.07, 6.45) is -1.07. The van der Waals surface area contributed by atoms with Gasteiger partial charge in [0.15, 0.2) is 5.78 Å². The molecule has 8 nitrogen and oxygen atoms in total. The van der Waals surface area contributed by atoms with Gasteiger partial charge in [0, 0.05) is 6.42 Å². The van der Waals surface area contributed by atoms with Crippen molar-refractivity contribution < 1.29 is 33.4 Å². The molecule has 0 heterocycles. The number of amides is 2. The molecular weight excluding hydrogens is 371 g/mol. The Labute approximate surface area is 162 Å². The van der Waals surface area contributed by atoms with Crippen LogP contribution in [0.1, 0.15) is 25.8 Å². The number of nitrogens with one attached hydrogen (secondary N) is 2. The zero-order valence-corrected chi connectivity index (χ0v) is 15.8. The van der Waals surface area contributed by atoms with Crippen molar-refractivity contribution >= 4 is 23.8 Å². The number of aliphatic carboxylic acids is 1. The van der Waals surface area contributed by atoms with Crippen LogP contribution in [0.4, 0.5) is 9.18 Å².